The van der Waals surface area contributed by atoms with Crippen LogP contribution in [0, 0.1) is 5.92 Å². The highest BCUT2D eigenvalue weighted by molar-refractivity contribution is 5.79. The van der Waals surface area contributed by atoms with Gasteiger partial charge >= 0.3 is 0 Å². The smallest absolute Gasteiger partial charge is 0.234 e. The van der Waals surface area contributed by atoms with Gasteiger partial charge in [-0.2, -0.15) is 0 Å². The normalized spacial score (nSPS) is 19.6. The van der Waals surface area contributed by atoms with Gasteiger partial charge in [-0.3, -0.25) is 4.79 Å². The molecule has 0 aliphatic carbocycles. The monoisotopic (exact) mass is 230 g/mol. The Morgan fingerprint density at radius 3 is 2.81 bits per heavy atom. The molecule has 1 aliphatic rings. The molecule has 1 amide bonds. The third-order valence-electron chi connectivity index (χ3n) is 2.94. The van der Waals surface area contributed by atoms with Gasteiger partial charge in [-0.05, 0) is 32.2 Å². The molecule has 1 rings (SSSR count). The van der Waals surface area contributed by atoms with E-state index in [9.17, 15) is 4.79 Å². The summed E-state index contributed by atoms with van der Waals surface area (Å²) < 4.78 is 10.8. The third-order valence-corrected chi connectivity index (χ3v) is 2.94. The SMILES string of the molecule is CNC(CCOCC1CCOCC1)C(N)=O. The molecule has 0 radical (unpaired) electrons. The molecule has 16 heavy (non-hydrogen) atoms. The van der Waals surface area contributed by atoms with E-state index >= 15 is 0 Å². The Morgan fingerprint density at radius 1 is 1.56 bits per heavy atom. The molecule has 3 N–H and O–H groups in total. The fourth-order valence-electron chi connectivity index (χ4n) is 1.79. The summed E-state index contributed by atoms with van der Waals surface area (Å²) in [5.41, 5.74) is 5.20. The van der Waals surface area contributed by atoms with Gasteiger partial charge in [0.25, 0.3) is 0 Å². The van der Waals surface area contributed by atoms with Crippen molar-refractivity contribution in [1.82, 2.24) is 5.32 Å². The van der Waals surface area contributed by atoms with Crippen LogP contribution in [0.5, 0.6) is 0 Å². The number of ether oxygens (including phenoxy) is 2. The van der Waals surface area contributed by atoms with Crippen LogP contribution in [-0.4, -0.2) is 45.4 Å². The Hall–Kier alpha value is -0.650. The van der Waals surface area contributed by atoms with Crippen LogP contribution in [-0.2, 0) is 14.3 Å². The second kappa shape index (κ2) is 7.60. The molecular formula is C11H22N2O3. The average molecular weight is 230 g/mol. The van der Waals surface area contributed by atoms with Crippen LogP contribution in [0.3, 0.4) is 0 Å². The van der Waals surface area contributed by atoms with Crippen molar-refractivity contribution < 1.29 is 14.3 Å². The molecule has 94 valence electrons. The van der Waals surface area contributed by atoms with Crippen molar-refractivity contribution in [3.8, 4) is 0 Å². The first kappa shape index (κ1) is 13.4. The minimum absolute atomic E-state index is 0.283. The first-order chi connectivity index (χ1) is 7.74. The lowest BCUT2D eigenvalue weighted by atomic mass is 10.0. The van der Waals surface area contributed by atoms with E-state index in [2.05, 4.69) is 5.32 Å². The highest BCUT2D eigenvalue weighted by Gasteiger charge is 2.15. The summed E-state index contributed by atoms with van der Waals surface area (Å²) in [6, 6.07) is -0.283. The first-order valence-corrected chi connectivity index (χ1v) is 5.86. The summed E-state index contributed by atoms with van der Waals surface area (Å²) in [6.07, 6.45) is 2.78. The van der Waals surface area contributed by atoms with Gasteiger partial charge in [-0.15, -0.1) is 0 Å². The molecule has 1 saturated heterocycles. The highest BCUT2D eigenvalue weighted by Crippen LogP contribution is 2.14. The quantitative estimate of drug-likeness (QED) is 0.599. The highest BCUT2D eigenvalue weighted by atomic mass is 16.5. The molecule has 0 saturated carbocycles. The lowest BCUT2D eigenvalue weighted by Gasteiger charge is -2.22. The molecule has 0 aromatic heterocycles. The Bertz CT molecular complexity index is 205. The van der Waals surface area contributed by atoms with E-state index in [4.69, 9.17) is 15.2 Å². The Balaban J connectivity index is 2.03. The molecule has 1 aliphatic heterocycles. The Kier molecular flexibility index (Phi) is 6.37. The summed E-state index contributed by atoms with van der Waals surface area (Å²) in [5, 5.41) is 2.87. The molecule has 0 aromatic rings. The second-order valence-electron chi connectivity index (χ2n) is 4.16. The molecule has 5 heteroatoms. The van der Waals surface area contributed by atoms with E-state index in [1.165, 1.54) is 0 Å². The van der Waals surface area contributed by atoms with E-state index in [0.29, 0.717) is 18.9 Å². The van der Waals surface area contributed by atoms with Crippen molar-refractivity contribution in [3.05, 3.63) is 0 Å². The topological polar surface area (TPSA) is 73.6 Å². The zero-order chi connectivity index (χ0) is 11.8. The second-order valence-corrected chi connectivity index (χ2v) is 4.16. The number of hydrogen-bond acceptors (Lipinski definition) is 4. The van der Waals surface area contributed by atoms with Crippen LogP contribution in [0.2, 0.25) is 0 Å². The minimum Gasteiger partial charge on any atom is -0.381 e. The minimum atomic E-state index is -0.322. The van der Waals surface area contributed by atoms with Crippen LogP contribution in [0.25, 0.3) is 0 Å². The molecule has 0 bridgehead atoms. The lowest BCUT2D eigenvalue weighted by Crippen LogP contribution is -2.40. The summed E-state index contributed by atoms with van der Waals surface area (Å²) in [4.78, 5) is 10.9. The van der Waals surface area contributed by atoms with Crippen molar-refractivity contribution in [2.75, 3.05) is 33.5 Å². The van der Waals surface area contributed by atoms with Gasteiger partial charge in [0, 0.05) is 26.4 Å². The number of carbonyl (C=O) groups excluding carboxylic acids is 1. The maximum Gasteiger partial charge on any atom is 0.234 e. The fourth-order valence-corrected chi connectivity index (χ4v) is 1.79. The zero-order valence-electron chi connectivity index (χ0n) is 9.91. The van der Waals surface area contributed by atoms with E-state index in [-0.39, 0.29) is 11.9 Å². The van der Waals surface area contributed by atoms with Crippen molar-refractivity contribution in [1.29, 1.82) is 0 Å². The molecule has 1 fully saturated rings. The van der Waals surface area contributed by atoms with Crippen molar-refractivity contribution in [2.24, 2.45) is 11.7 Å². The number of amides is 1. The van der Waals surface area contributed by atoms with Crippen molar-refractivity contribution >= 4 is 5.91 Å². The van der Waals surface area contributed by atoms with E-state index in [1.807, 2.05) is 0 Å². The number of nitrogens with two attached hydrogens (primary N) is 1. The molecule has 1 unspecified atom stereocenters. The van der Waals surface area contributed by atoms with Gasteiger partial charge in [0.05, 0.1) is 6.04 Å². The standard InChI is InChI=1S/C11H22N2O3/c1-13-10(11(12)14)4-7-16-8-9-2-5-15-6-3-9/h9-10,13H,2-8H2,1H3,(H2,12,14). The average Bonchev–Trinajstić information content (AvgIpc) is 2.30. The molecule has 0 spiro atoms. The summed E-state index contributed by atoms with van der Waals surface area (Å²) in [5.74, 6) is 0.285. The molecule has 0 aromatic carbocycles. The first-order valence-electron chi connectivity index (χ1n) is 5.86. The van der Waals surface area contributed by atoms with E-state index in [0.717, 1.165) is 32.7 Å². The van der Waals surface area contributed by atoms with Crippen molar-refractivity contribution in [3.63, 3.8) is 0 Å². The maximum atomic E-state index is 10.9. The van der Waals surface area contributed by atoms with Crippen LogP contribution >= 0.6 is 0 Å². The number of likely N-dealkylation sites (N-methyl/N-ethyl adjacent to an activating group) is 1. The van der Waals surface area contributed by atoms with Crippen molar-refractivity contribution in [2.45, 2.75) is 25.3 Å². The van der Waals surface area contributed by atoms with Gasteiger partial charge < -0.3 is 20.5 Å². The predicted octanol–water partition coefficient (Wildman–Crippen LogP) is -0.107. The van der Waals surface area contributed by atoms with Gasteiger partial charge in [0.2, 0.25) is 5.91 Å². The van der Waals surface area contributed by atoms with Crippen LogP contribution in [0.4, 0.5) is 0 Å². The van der Waals surface area contributed by atoms with Crippen LogP contribution in [0.15, 0.2) is 0 Å². The fraction of sp³-hybridized carbons (Fsp3) is 0.909. The molecular weight excluding hydrogens is 208 g/mol. The molecule has 5 nitrogen and oxygen atoms in total. The summed E-state index contributed by atoms with van der Waals surface area (Å²) in [6.45, 7) is 3.02. The van der Waals surface area contributed by atoms with Gasteiger partial charge in [0.1, 0.15) is 0 Å². The summed E-state index contributed by atoms with van der Waals surface area (Å²) >= 11 is 0. The van der Waals surface area contributed by atoms with Gasteiger partial charge in [0.15, 0.2) is 0 Å². The third kappa shape index (κ3) is 4.92. The number of carbonyl (C=O) groups is 1. The Morgan fingerprint density at radius 2 is 2.25 bits per heavy atom. The molecule has 1 heterocycles. The number of primary amides is 1. The van der Waals surface area contributed by atoms with Crippen LogP contribution in [0.1, 0.15) is 19.3 Å². The zero-order valence-corrected chi connectivity index (χ0v) is 9.91. The van der Waals surface area contributed by atoms with Gasteiger partial charge in [-0.25, -0.2) is 0 Å². The number of nitrogens with one attached hydrogen (secondary N) is 1. The number of hydrogen-bond donors (Lipinski definition) is 2. The largest absolute Gasteiger partial charge is 0.381 e. The summed E-state index contributed by atoms with van der Waals surface area (Å²) in [7, 11) is 1.73. The van der Waals surface area contributed by atoms with Gasteiger partial charge in [-0.1, -0.05) is 0 Å². The van der Waals surface area contributed by atoms with E-state index in [1.54, 1.807) is 7.05 Å². The van der Waals surface area contributed by atoms with E-state index < -0.39 is 0 Å². The lowest BCUT2D eigenvalue weighted by molar-refractivity contribution is -0.120. The Labute approximate surface area is 96.7 Å². The molecule has 1 atom stereocenters. The maximum absolute atomic E-state index is 10.9. The number of rotatable bonds is 7. The van der Waals surface area contributed by atoms with Crippen LogP contribution < -0.4 is 11.1 Å². The predicted molar refractivity (Wildman–Crippen MR) is 61.0 cm³/mol.